The van der Waals surface area contributed by atoms with Gasteiger partial charge in [0.1, 0.15) is 11.4 Å². The van der Waals surface area contributed by atoms with Gasteiger partial charge in [-0.2, -0.15) is 0 Å². The monoisotopic (exact) mass is 451 g/mol. The summed E-state index contributed by atoms with van der Waals surface area (Å²) >= 11 is 0. The van der Waals surface area contributed by atoms with E-state index in [4.69, 9.17) is 9.47 Å². The average molecular weight is 452 g/mol. The Kier molecular flexibility index (Phi) is 6.55. The molecule has 1 aliphatic heterocycles. The van der Waals surface area contributed by atoms with E-state index in [1.54, 1.807) is 13.2 Å². The third-order valence-corrected chi connectivity index (χ3v) is 6.25. The van der Waals surface area contributed by atoms with Gasteiger partial charge in [-0.3, -0.25) is 4.79 Å². The SMILES string of the molecule is COC(=O)c1[nH]c2cccc(OC)c2c1NC(=O)C[NH+]1CCN(c2cc(C)ccc2C)CC1. The standard InChI is InChI=1S/C25H30N4O4/c1-16-8-9-17(2)19(14-16)29-12-10-28(11-13-29)15-21(30)27-23-22-18(6-5-7-20(22)32-3)26-24(23)25(31)33-4/h5-9,14,26H,10-13,15H2,1-4H3,(H,27,30)/p+1. The molecule has 0 atom stereocenters. The predicted molar refractivity (Wildman–Crippen MR) is 129 cm³/mol. The summed E-state index contributed by atoms with van der Waals surface area (Å²) in [5, 5.41) is 3.60. The van der Waals surface area contributed by atoms with E-state index in [1.165, 1.54) is 28.8 Å². The molecule has 0 unspecified atom stereocenters. The number of nitrogens with zero attached hydrogens (tertiary/aromatic N) is 1. The zero-order valence-electron chi connectivity index (χ0n) is 19.6. The zero-order valence-corrected chi connectivity index (χ0v) is 19.6. The first-order valence-electron chi connectivity index (χ1n) is 11.1. The summed E-state index contributed by atoms with van der Waals surface area (Å²) in [5.41, 5.74) is 5.09. The number of carbonyl (C=O) groups excluding carboxylic acids is 2. The average Bonchev–Trinajstić information content (AvgIpc) is 3.19. The normalized spacial score (nSPS) is 14.4. The first-order valence-corrected chi connectivity index (χ1v) is 11.1. The third kappa shape index (κ3) is 4.66. The molecule has 4 rings (SSSR count). The number of methoxy groups -OCH3 is 2. The molecule has 2 heterocycles. The maximum Gasteiger partial charge on any atom is 0.356 e. The second-order valence-corrected chi connectivity index (χ2v) is 8.50. The number of aryl methyl sites for hydroxylation is 2. The summed E-state index contributed by atoms with van der Waals surface area (Å²) in [6.45, 7) is 8.07. The molecule has 8 nitrogen and oxygen atoms in total. The molecule has 0 aliphatic carbocycles. The number of amides is 1. The number of esters is 1. The Morgan fingerprint density at radius 1 is 1.12 bits per heavy atom. The minimum absolute atomic E-state index is 0.151. The van der Waals surface area contributed by atoms with Gasteiger partial charge in [0.2, 0.25) is 0 Å². The summed E-state index contributed by atoms with van der Waals surface area (Å²) in [6.07, 6.45) is 0. The van der Waals surface area contributed by atoms with Crippen molar-refractivity contribution in [2.45, 2.75) is 13.8 Å². The van der Waals surface area contributed by atoms with E-state index < -0.39 is 5.97 Å². The van der Waals surface area contributed by atoms with Crippen LogP contribution in [-0.2, 0) is 9.53 Å². The summed E-state index contributed by atoms with van der Waals surface area (Å²) in [6, 6.07) is 12.0. The van der Waals surface area contributed by atoms with Gasteiger partial charge < -0.3 is 29.6 Å². The van der Waals surface area contributed by atoms with E-state index in [2.05, 4.69) is 47.2 Å². The maximum atomic E-state index is 13.0. The highest BCUT2D eigenvalue weighted by Gasteiger charge is 2.26. The molecular formula is C25H31N4O4+. The van der Waals surface area contributed by atoms with Gasteiger partial charge in [-0.05, 0) is 43.2 Å². The number of aromatic nitrogens is 1. The largest absolute Gasteiger partial charge is 0.496 e. The fourth-order valence-corrected chi connectivity index (χ4v) is 4.48. The molecule has 0 bridgehead atoms. The van der Waals surface area contributed by atoms with Crippen LogP contribution in [0.5, 0.6) is 5.75 Å². The number of H-pyrrole nitrogens is 1. The first-order chi connectivity index (χ1) is 15.9. The number of anilines is 2. The quantitative estimate of drug-likeness (QED) is 0.499. The van der Waals surface area contributed by atoms with Crippen LogP contribution in [0.3, 0.4) is 0 Å². The molecular weight excluding hydrogens is 420 g/mol. The van der Waals surface area contributed by atoms with E-state index in [0.717, 1.165) is 26.2 Å². The molecule has 1 fully saturated rings. The second kappa shape index (κ2) is 9.54. The molecule has 174 valence electrons. The number of carbonyl (C=O) groups is 2. The van der Waals surface area contributed by atoms with Crippen LogP contribution < -0.4 is 19.9 Å². The lowest BCUT2D eigenvalue weighted by molar-refractivity contribution is -0.892. The van der Waals surface area contributed by atoms with E-state index in [-0.39, 0.29) is 11.6 Å². The number of rotatable bonds is 6. The van der Waals surface area contributed by atoms with Gasteiger partial charge in [0.15, 0.2) is 6.54 Å². The lowest BCUT2D eigenvalue weighted by atomic mass is 10.1. The second-order valence-electron chi connectivity index (χ2n) is 8.50. The van der Waals surface area contributed by atoms with Gasteiger partial charge in [0.05, 0.1) is 57.0 Å². The van der Waals surface area contributed by atoms with Crippen molar-refractivity contribution in [3.05, 3.63) is 53.2 Å². The van der Waals surface area contributed by atoms with Crippen molar-refractivity contribution in [1.82, 2.24) is 4.98 Å². The van der Waals surface area contributed by atoms with Gasteiger partial charge in [0.25, 0.3) is 5.91 Å². The molecule has 0 spiro atoms. The molecule has 1 amide bonds. The van der Waals surface area contributed by atoms with Crippen LogP contribution in [0.15, 0.2) is 36.4 Å². The van der Waals surface area contributed by atoms with E-state index >= 15 is 0 Å². The Hall–Kier alpha value is -3.52. The van der Waals surface area contributed by atoms with Gasteiger partial charge in [-0.15, -0.1) is 0 Å². The van der Waals surface area contributed by atoms with Gasteiger partial charge in [0, 0.05) is 5.69 Å². The minimum Gasteiger partial charge on any atom is -0.496 e. The van der Waals surface area contributed by atoms with E-state index in [0.29, 0.717) is 28.9 Å². The molecule has 0 radical (unpaired) electrons. The fraction of sp³-hybridized carbons (Fsp3) is 0.360. The molecule has 1 saturated heterocycles. The zero-order chi connectivity index (χ0) is 23.5. The molecule has 8 heteroatoms. The lowest BCUT2D eigenvalue weighted by Gasteiger charge is -2.34. The van der Waals surface area contributed by atoms with Crippen molar-refractivity contribution in [3.63, 3.8) is 0 Å². The Labute approximate surface area is 193 Å². The maximum absolute atomic E-state index is 13.0. The molecule has 2 aromatic carbocycles. The van der Waals surface area contributed by atoms with Gasteiger partial charge >= 0.3 is 5.97 Å². The van der Waals surface area contributed by atoms with E-state index in [9.17, 15) is 9.59 Å². The van der Waals surface area contributed by atoms with Crippen molar-refractivity contribution in [3.8, 4) is 5.75 Å². The summed E-state index contributed by atoms with van der Waals surface area (Å²) < 4.78 is 10.4. The predicted octanol–water partition coefficient (Wildman–Crippen LogP) is 1.92. The Morgan fingerprint density at radius 3 is 2.58 bits per heavy atom. The first kappa shape index (κ1) is 22.7. The van der Waals surface area contributed by atoms with Crippen LogP contribution in [0, 0.1) is 13.8 Å². The van der Waals surface area contributed by atoms with Crippen molar-refractivity contribution in [2.75, 3.05) is 57.2 Å². The molecule has 3 N–H and O–H groups in total. The molecule has 1 aromatic heterocycles. The lowest BCUT2D eigenvalue weighted by Crippen LogP contribution is -3.15. The number of ether oxygens (including phenoxy) is 2. The summed E-state index contributed by atoms with van der Waals surface area (Å²) in [7, 11) is 2.88. The number of hydrogen-bond donors (Lipinski definition) is 3. The highest BCUT2D eigenvalue weighted by atomic mass is 16.5. The highest BCUT2D eigenvalue weighted by molar-refractivity contribution is 6.13. The topological polar surface area (TPSA) is 88.1 Å². The third-order valence-electron chi connectivity index (χ3n) is 6.25. The molecule has 33 heavy (non-hydrogen) atoms. The van der Waals surface area contributed by atoms with Crippen molar-refractivity contribution >= 4 is 34.2 Å². The molecule has 1 aliphatic rings. The molecule has 0 saturated carbocycles. The number of quaternary nitrogens is 1. The number of hydrogen-bond acceptors (Lipinski definition) is 5. The van der Waals surface area contributed by atoms with Crippen LogP contribution in [0.25, 0.3) is 10.9 Å². The number of aromatic amines is 1. The van der Waals surface area contributed by atoms with Crippen LogP contribution in [0.1, 0.15) is 21.6 Å². The highest BCUT2D eigenvalue weighted by Crippen LogP contribution is 2.35. The Morgan fingerprint density at radius 2 is 1.88 bits per heavy atom. The van der Waals surface area contributed by atoms with Crippen LogP contribution in [0.4, 0.5) is 11.4 Å². The molecule has 3 aromatic rings. The fourth-order valence-electron chi connectivity index (χ4n) is 4.48. The Bertz CT molecular complexity index is 1180. The van der Waals surface area contributed by atoms with E-state index in [1.807, 2.05) is 12.1 Å². The van der Waals surface area contributed by atoms with Gasteiger partial charge in [-0.25, -0.2) is 4.79 Å². The minimum atomic E-state index is -0.543. The Balaban J connectivity index is 1.46. The van der Waals surface area contributed by atoms with Crippen molar-refractivity contribution in [2.24, 2.45) is 0 Å². The van der Waals surface area contributed by atoms with Crippen LogP contribution in [0.2, 0.25) is 0 Å². The number of fused-ring (bicyclic) bond motifs is 1. The number of benzene rings is 2. The summed E-state index contributed by atoms with van der Waals surface area (Å²) in [4.78, 5) is 32.0. The van der Waals surface area contributed by atoms with Crippen molar-refractivity contribution < 1.29 is 24.0 Å². The van der Waals surface area contributed by atoms with Gasteiger partial charge in [-0.1, -0.05) is 18.2 Å². The number of nitrogens with one attached hydrogen (secondary N) is 3. The number of piperazine rings is 1. The van der Waals surface area contributed by atoms with Crippen LogP contribution >= 0.6 is 0 Å². The van der Waals surface area contributed by atoms with Crippen molar-refractivity contribution in [1.29, 1.82) is 0 Å². The van der Waals surface area contributed by atoms with Crippen LogP contribution in [-0.4, -0.2) is 63.8 Å². The smallest absolute Gasteiger partial charge is 0.356 e. The summed E-state index contributed by atoms with van der Waals surface area (Å²) in [5.74, 6) is -0.121.